The zero-order valence-electron chi connectivity index (χ0n) is 13.0. The molecule has 1 aromatic heterocycles. The molecule has 1 saturated heterocycles. The van der Waals surface area contributed by atoms with E-state index in [4.69, 9.17) is 16.3 Å². The van der Waals surface area contributed by atoms with E-state index in [2.05, 4.69) is 11.9 Å². The van der Waals surface area contributed by atoms with Crippen LogP contribution in [0.3, 0.4) is 0 Å². The van der Waals surface area contributed by atoms with Gasteiger partial charge < -0.3 is 9.64 Å². The number of nitrogens with zero attached hydrogens (tertiary/aromatic N) is 2. The second-order valence-corrected chi connectivity index (χ2v) is 7.13. The minimum absolute atomic E-state index is 0.0347. The predicted octanol–water partition coefficient (Wildman–Crippen LogP) is 3.97. The van der Waals surface area contributed by atoms with Gasteiger partial charge >= 0.3 is 0 Å². The Kier molecular flexibility index (Phi) is 5.28. The van der Waals surface area contributed by atoms with E-state index < -0.39 is 0 Å². The van der Waals surface area contributed by atoms with Gasteiger partial charge in [0.1, 0.15) is 11.3 Å². The van der Waals surface area contributed by atoms with Crippen LogP contribution in [0, 0.1) is 0 Å². The number of thioether (sulfide) groups is 1. The Morgan fingerprint density at radius 2 is 2.35 bits per heavy atom. The van der Waals surface area contributed by atoms with Gasteiger partial charge in [-0.2, -0.15) is 0 Å². The quantitative estimate of drug-likeness (QED) is 0.818. The Morgan fingerprint density at radius 1 is 1.48 bits per heavy atom. The molecule has 1 atom stereocenters. The van der Waals surface area contributed by atoms with Gasteiger partial charge in [-0.1, -0.05) is 24.9 Å². The molecule has 1 aliphatic rings. The van der Waals surface area contributed by atoms with Crippen molar-refractivity contribution in [3.05, 3.63) is 35.5 Å². The number of rotatable bonds is 5. The minimum atomic E-state index is 0.0347. The molecule has 1 fully saturated rings. The number of pyridine rings is 1. The number of ether oxygens (including phenoxy) is 1. The third-order valence-electron chi connectivity index (χ3n) is 3.88. The molecule has 0 aliphatic carbocycles. The molecule has 0 saturated carbocycles. The van der Waals surface area contributed by atoms with Crippen LogP contribution >= 0.6 is 23.4 Å². The lowest BCUT2D eigenvalue weighted by Gasteiger charge is -2.23. The first-order chi connectivity index (χ1) is 11.2. The fraction of sp³-hybridized carbons (Fsp3) is 0.412. The topological polar surface area (TPSA) is 42.4 Å². The summed E-state index contributed by atoms with van der Waals surface area (Å²) in [6.07, 6.45) is 3.80. The van der Waals surface area contributed by atoms with Gasteiger partial charge in [0.2, 0.25) is 0 Å². The minimum Gasteiger partial charge on any atom is -0.481 e. The van der Waals surface area contributed by atoms with Gasteiger partial charge in [-0.25, -0.2) is 0 Å². The van der Waals surface area contributed by atoms with Gasteiger partial charge in [0, 0.05) is 23.9 Å². The first-order valence-electron chi connectivity index (χ1n) is 7.78. The Morgan fingerprint density at radius 3 is 3.17 bits per heavy atom. The molecule has 1 aliphatic heterocycles. The Labute approximate surface area is 145 Å². The van der Waals surface area contributed by atoms with Crippen LogP contribution in [-0.4, -0.2) is 40.1 Å². The molecule has 0 N–H and O–H groups in total. The summed E-state index contributed by atoms with van der Waals surface area (Å²) in [5.74, 6) is 1.63. The lowest BCUT2D eigenvalue weighted by Crippen LogP contribution is -2.38. The molecule has 1 amide bonds. The van der Waals surface area contributed by atoms with E-state index in [1.54, 1.807) is 18.3 Å². The van der Waals surface area contributed by atoms with Crippen LogP contribution in [0.25, 0.3) is 10.9 Å². The van der Waals surface area contributed by atoms with Crippen molar-refractivity contribution in [1.82, 2.24) is 9.88 Å². The van der Waals surface area contributed by atoms with Crippen molar-refractivity contribution in [2.45, 2.75) is 25.1 Å². The van der Waals surface area contributed by atoms with E-state index >= 15 is 0 Å². The maximum atomic E-state index is 12.4. The monoisotopic (exact) mass is 350 g/mol. The molecule has 4 nitrogen and oxygen atoms in total. The fourth-order valence-corrected chi connectivity index (χ4v) is 4.34. The Balaban J connectivity index is 1.71. The number of hydrogen-bond donors (Lipinski definition) is 0. The van der Waals surface area contributed by atoms with Crippen LogP contribution in [-0.2, 0) is 4.79 Å². The largest absolute Gasteiger partial charge is 0.481 e. The zero-order chi connectivity index (χ0) is 16.2. The number of hydrogen-bond acceptors (Lipinski definition) is 4. The average Bonchev–Trinajstić information content (AvgIpc) is 3.03. The number of halogens is 1. The van der Waals surface area contributed by atoms with Gasteiger partial charge in [0.15, 0.2) is 6.61 Å². The van der Waals surface area contributed by atoms with Crippen molar-refractivity contribution in [2.24, 2.45) is 0 Å². The first kappa shape index (κ1) is 16.4. The number of carbonyl (C=O) groups is 1. The summed E-state index contributed by atoms with van der Waals surface area (Å²) in [5.41, 5.74) is 0.689. The van der Waals surface area contributed by atoms with E-state index in [0.29, 0.717) is 16.3 Å². The van der Waals surface area contributed by atoms with Crippen LogP contribution in [0.5, 0.6) is 5.75 Å². The van der Waals surface area contributed by atoms with Gasteiger partial charge in [-0.05, 0) is 30.7 Å². The lowest BCUT2D eigenvalue weighted by molar-refractivity contribution is -0.133. The predicted molar refractivity (Wildman–Crippen MR) is 95.1 cm³/mol. The van der Waals surface area contributed by atoms with Crippen molar-refractivity contribution in [3.8, 4) is 5.75 Å². The van der Waals surface area contributed by atoms with E-state index in [0.717, 1.165) is 30.5 Å². The van der Waals surface area contributed by atoms with Gasteiger partial charge in [0.25, 0.3) is 5.91 Å². The summed E-state index contributed by atoms with van der Waals surface area (Å²) < 4.78 is 5.75. The molecule has 122 valence electrons. The summed E-state index contributed by atoms with van der Waals surface area (Å²) in [7, 11) is 0. The van der Waals surface area contributed by atoms with E-state index in [1.165, 1.54) is 0 Å². The van der Waals surface area contributed by atoms with Crippen LogP contribution in [0.15, 0.2) is 30.5 Å². The fourth-order valence-electron chi connectivity index (χ4n) is 2.74. The number of fused-ring (bicyclic) bond motifs is 1. The molecule has 23 heavy (non-hydrogen) atoms. The number of benzene rings is 1. The van der Waals surface area contributed by atoms with E-state index in [9.17, 15) is 4.79 Å². The standard InChI is InChI=1S/C17H19ClN2O2S/c1-2-4-16-20(9-10-23-16)15(21)11-22-14-7-6-13(18)12-5-3-8-19-17(12)14/h3,5-8,16H,2,4,9-11H2,1H3/t16-/m1/s1. The highest BCUT2D eigenvalue weighted by molar-refractivity contribution is 8.00. The van der Waals surface area contributed by atoms with Crippen molar-refractivity contribution >= 4 is 40.2 Å². The van der Waals surface area contributed by atoms with Crippen LogP contribution in [0.2, 0.25) is 5.02 Å². The van der Waals surface area contributed by atoms with E-state index in [1.807, 2.05) is 28.8 Å². The van der Waals surface area contributed by atoms with Crippen LogP contribution < -0.4 is 4.74 Å². The van der Waals surface area contributed by atoms with E-state index in [-0.39, 0.29) is 17.9 Å². The maximum Gasteiger partial charge on any atom is 0.261 e. The second kappa shape index (κ2) is 7.41. The highest BCUT2D eigenvalue weighted by Gasteiger charge is 2.28. The third-order valence-corrected chi connectivity index (χ3v) is 5.50. The number of amides is 1. The van der Waals surface area contributed by atoms with Crippen molar-refractivity contribution in [2.75, 3.05) is 18.9 Å². The highest BCUT2D eigenvalue weighted by atomic mass is 35.5. The number of aromatic nitrogens is 1. The SMILES string of the molecule is CCC[C@H]1SCCN1C(=O)COc1ccc(Cl)c2cccnc12. The molecule has 0 unspecified atom stereocenters. The molecule has 0 bridgehead atoms. The van der Waals surface area contributed by atoms with Crippen LogP contribution in [0.1, 0.15) is 19.8 Å². The molecule has 0 radical (unpaired) electrons. The average molecular weight is 351 g/mol. The number of carbonyl (C=O) groups excluding carboxylic acids is 1. The molecule has 2 aromatic rings. The Bertz CT molecular complexity index is 710. The smallest absolute Gasteiger partial charge is 0.261 e. The lowest BCUT2D eigenvalue weighted by atomic mass is 10.2. The summed E-state index contributed by atoms with van der Waals surface area (Å²) in [4.78, 5) is 18.7. The zero-order valence-corrected chi connectivity index (χ0v) is 14.6. The van der Waals surface area contributed by atoms with Gasteiger partial charge in [-0.3, -0.25) is 9.78 Å². The van der Waals surface area contributed by atoms with Crippen molar-refractivity contribution in [1.29, 1.82) is 0 Å². The maximum absolute atomic E-state index is 12.4. The van der Waals surface area contributed by atoms with Gasteiger partial charge in [-0.15, -0.1) is 11.8 Å². The molecule has 2 heterocycles. The summed E-state index contributed by atoms with van der Waals surface area (Å²) in [6.45, 7) is 2.98. The molecular formula is C17H19ClN2O2S. The van der Waals surface area contributed by atoms with Crippen LogP contribution in [0.4, 0.5) is 0 Å². The summed E-state index contributed by atoms with van der Waals surface area (Å²) in [6, 6.07) is 7.28. The molecule has 3 rings (SSSR count). The molecule has 1 aromatic carbocycles. The molecular weight excluding hydrogens is 332 g/mol. The second-order valence-electron chi connectivity index (χ2n) is 5.44. The van der Waals surface area contributed by atoms with Crippen molar-refractivity contribution in [3.63, 3.8) is 0 Å². The summed E-state index contributed by atoms with van der Waals surface area (Å²) in [5, 5.41) is 1.75. The third kappa shape index (κ3) is 3.56. The Hall–Kier alpha value is -1.46. The highest BCUT2D eigenvalue weighted by Crippen LogP contribution is 2.30. The summed E-state index contributed by atoms with van der Waals surface area (Å²) >= 11 is 8.03. The van der Waals surface area contributed by atoms with Crippen molar-refractivity contribution < 1.29 is 9.53 Å². The van der Waals surface area contributed by atoms with Gasteiger partial charge in [0.05, 0.1) is 10.4 Å². The first-order valence-corrected chi connectivity index (χ1v) is 9.20. The molecule has 6 heteroatoms. The molecule has 0 spiro atoms. The normalized spacial score (nSPS) is 17.7.